The smallest absolute Gasteiger partial charge is 0.326 e. The molecule has 0 aromatic heterocycles. The monoisotopic (exact) mass is 358 g/mol. The van der Waals surface area contributed by atoms with E-state index in [1.165, 1.54) is 6.92 Å². The molecule has 0 saturated carbocycles. The molecule has 0 heterocycles. The number of amides is 3. The van der Waals surface area contributed by atoms with E-state index >= 15 is 0 Å². The van der Waals surface area contributed by atoms with E-state index in [9.17, 15) is 19.2 Å². The summed E-state index contributed by atoms with van der Waals surface area (Å²) < 4.78 is 0. The molecule has 25 heavy (non-hydrogen) atoms. The summed E-state index contributed by atoms with van der Waals surface area (Å²) in [6.45, 7) is 5.23. The lowest BCUT2D eigenvalue weighted by molar-refractivity contribution is -0.142. The topological polar surface area (TPSA) is 151 Å². The second kappa shape index (κ2) is 12.2. The quantitative estimate of drug-likeness (QED) is 0.293. The minimum Gasteiger partial charge on any atom is -0.480 e. The van der Waals surface area contributed by atoms with Crippen LogP contribution in [0.2, 0.25) is 0 Å². The van der Waals surface area contributed by atoms with Gasteiger partial charge in [-0.15, -0.1) is 0 Å². The van der Waals surface area contributed by atoms with Crippen molar-refractivity contribution in [1.29, 1.82) is 0 Å². The Hall–Kier alpha value is -2.16. The molecule has 0 aliphatic rings. The standard InChI is InChI=1S/C16H30N4O5/c1-10(2)8-13(19-11(3)21)15(23)18-9-14(22)20-12(16(24)25)6-4-5-7-17/h10,12-13H,4-9,17H2,1-3H3,(H,18,23)(H,19,21)(H,20,22)(H,24,25). The van der Waals surface area contributed by atoms with Crippen LogP contribution in [0, 0.1) is 5.92 Å². The first-order chi connectivity index (χ1) is 11.7. The van der Waals surface area contributed by atoms with Crippen molar-refractivity contribution in [2.45, 2.75) is 58.5 Å². The summed E-state index contributed by atoms with van der Waals surface area (Å²) in [7, 11) is 0. The van der Waals surface area contributed by atoms with Crippen molar-refractivity contribution in [3.8, 4) is 0 Å². The fraction of sp³-hybridized carbons (Fsp3) is 0.750. The molecule has 2 atom stereocenters. The van der Waals surface area contributed by atoms with Gasteiger partial charge in [-0.05, 0) is 38.1 Å². The minimum atomic E-state index is -1.13. The summed E-state index contributed by atoms with van der Waals surface area (Å²) in [4.78, 5) is 46.3. The van der Waals surface area contributed by atoms with Crippen LogP contribution < -0.4 is 21.7 Å². The lowest BCUT2D eigenvalue weighted by Crippen LogP contribution is -2.50. The van der Waals surface area contributed by atoms with Crippen molar-refractivity contribution in [3.05, 3.63) is 0 Å². The van der Waals surface area contributed by atoms with Gasteiger partial charge in [0.15, 0.2) is 0 Å². The second-order valence-electron chi connectivity index (χ2n) is 6.34. The maximum Gasteiger partial charge on any atom is 0.326 e. The number of hydrogen-bond acceptors (Lipinski definition) is 5. The lowest BCUT2D eigenvalue weighted by atomic mass is 10.0. The van der Waals surface area contributed by atoms with E-state index in [0.717, 1.165) is 0 Å². The van der Waals surface area contributed by atoms with Gasteiger partial charge in [0.25, 0.3) is 0 Å². The molecule has 0 saturated heterocycles. The number of rotatable bonds is 12. The third-order valence-corrected chi connectivity index (χ3v) is 3.40. The molecule has 0 aromatic rings. The summed E-state index contributed by atoms with van der Waals surface area (Å²) >= 11 is 0. The first kappa shape index (κ1) is 22.8. The molecule has 0 bridgehead atoms. The van der Waals surface area contributed by atoms with Crippen molar-refractivity contribution in [2.75, 3.05) is 13.1 Å². The van der Waals surface area contributed by atoms with Gasteiger partial charge in [0.05, 0.1) is 6.54 Å². The van der Waals surface area contributed by atoms with E-state index in [1.54, 1.807) is 0 Å². The third kappa shape index (κ3) is 11.1. The molecule has 3 amide bonds. The number of carboxylic acids is 1. The van der Waals surface area contributed by atoms with Gasteiger partial charge in [0.1, 0.15) is 12.1 Å². The van der Waals surface area contributed by atoms with Crippen molar-refractivity contribution in [1.82, 2.24) is 16.0 Å². The molecule has 0 radical (unpaired) electrons. The van der Waals surface area contributed by atoms with Crippen molar-refractivity contribution in [3.63, 3.8) is 0 Å². The van der Waals surface area contributed by atoms with Crippen LogP contribution in [0.3, 0.4) is 0 Å². The average Bonchev–Trinajstić information content (AvgIpc) is 2.50. The normalized spacial score (nSPS) is 13.0. The second-order valence-corrected chi connectivity index (χ2v) is 6.34. The minimum absolute atomic E-state index is 0.176. The Bertz CT molecular complexity index is 467. The van der Waals surface area contributed by atoms with Gasteiger partial charge < -0.3 is 26.8 Å². The number of unbranched alkanes of at least 4 members (excludes halogenated alkanes) is 1. The van der Waals surface area contributed by atoms with Gasteiger partial charge in [-0.3, -0.25) is 14.4 Å². The Morgan fingerprint density at radius 3 is 2.16 bits per heavy atom. The highest BCUT2D eigenvalue weighted by molar-refractivity contribution is 5.91. The number of hydrogen-bond donors (Lipinski definition) is 5. The van der Waals surface area contributed by atoms with Gasteiger partial charge in [0.2, 0.25) is 17.7 Å². The lowest BCUT2D eigenvalue weighted by Gasteiger charge is -2.20. The summed E-state index contributed by atoms with van der Waals surface area (Å²) in [5, 5.41) is 16.4. The van der Waals surface area contributed by atoms with Gasteiger partial charge in [-0.2, -0.15) is 0 Å². The Balaban J connectivity index is 4.49. The molecule has 2 unspecified atom stereocenters. The van der Waals surface area contributed by atoms with E-state index < -0.39 is 29.9 Å². The zero-order valence-electron chi connectivity index (χ0n) is 15.1. The maximum atomic E-state index is 12.1. The Kier molecular flexibility index (Phi) is 11.2. The highest BCUT2D eigenvalue weighted by atomic mass is 16.4. The molecule has 9 heteroatoms. The van der Waals surface area contributed by atoms with Crippen molar-refractivity contribution < 1.29 is 24.3 Å². The number of nitrogens with one attached hydrogen (secondary N) is 3. The molecule has 0 rings (SSSR count). The van der Waals surface area contributed by atoms with Gasteiger partial charge in [0, 0.05) is 6.92 Å². The zero-order valence-corrected chi connectivity index (χ0v) is 15.1. The van der Waals surface area contributed by atoms with E-state index in [2.05, 4.69) is 16.0 Å². The SMILES string of the molecule is CC(=O)NC(CC(C)C)C(=O)NCC(=O)NC(CCCCN)C(=O)O. The summed E-state index contributed by atoms with van der Waals surface area (Å²) in [5.74, 6) is -2.37. The molecule has 144 valence electrons. The van der Waals surface area contributed by atoms with E-state index in [4.69, 9.17) is 10.8 Å². The van der Waals surface area contributed by atoms with Crippen LogP contribution in [0.1, 0.15) is 46.5 Å². The van der Waals surface area contributed by atoms with Crippen LogP contribution in [0.25, 0.3) is 0 Å². The van der Waals surface area contributed by atoms with Crippen LogP contribution in [-0.2, 0) is 19.2 Å². The summed E-state index contributed by atoms with van der Waals surface area (Å²) in [5.41, 5.74) is 5.36. The molecular formula is C16H30N4O5. The van der Waals surface area contributed by atoms with Crippen LogP contribution >= 0.6 is 0 Å². The predicted molar refractivity (Wildman–Crippen MR) is 92.5 cm³/mol. The Labute approximate surface area is 148 Å². The number of aliphatic carboxylic acids is 1. The first-order valence-corrected chi connectivity index (χ1v) is 8.44. The predicted octanol–water partition coefficient (Wildman–Crippen LogP) is -0.648. The number of carbonyl (C=O) groups is 4. The van der Waals surface area contributed by atoms with Crippen molar-refractivity contribution in [2.24, 2.45) is 11.7 Å². The Morgan fingerprint density at radius 1 is 1.04 bits per heavy atom. The Morgan fingerprint density at radius 2 is 1.68 bits per heavy atom. The largest absolute Gasteiger partial charge is 0.480 e. The molecule has 0 aliphatic carbocycles. The van der Waals surface area contributed by atoms with E-state index in [1.807, 2.05) is 13.8 Å². The maximum absolute atomic E-state index is 12.1. The highest BCUT2D eigenvalue weighted by Gasteiger charge is 2.23. The molecular weight excluding hydrogens is 328 g/mol. The van der Waals surface area contributed by atoms with Gasteiger partial charge in [-0.1, -0.05) is 13.8 Å². The van der Waals surface area contributed by atoms with Gasteiger partial charge in [-0.25, -0.2) is 4.79 Å². The van der Waals surface area contributed by atoms with Crippen LogP contribution in [-0.4, -0.2) is 54.0 Å². The van der Waals surface area contributed by atoms with Crippen molar-refractivity contribution >= 4 is 23.7 Å². The highest BCUT2D eigenvalue weighted by Crippen LogP contribution is 2.05. The number of nitrogens with two attached hydrogens (primary N) is 1. The molecule has 6 N–H and O–H groups in total. The molecule has 0 aromatic carbocycles. The number of carboxylic acid groups (broad SMARTS) is 1. The molecule has 0 aliphatic heterocycles. The first-order valence-electron chi connectivity index (χ1n) is 8.44. The van der Waals surface area contributed by atoms with Crippen LogP contribution in [0.4, 0.5) is 0 Å². The average molecular weight is 358 g/mol. The molecule has 9 nitrogen and oxygen atoms in total. The fourth-order valence-corrected chi connectivity index (χ4v) is 2.23. The van der Waals surface area contributed by atoms with E-state index in [-0.39, 0.29) is 24.8 Å². The van der Waals surface area contributed by atoms with Crippen LogP contribution in [0.5, 0.6) is 0 Å². The zero-order chi connectivity index (χ0) is 19.4. The third-order valence-electron chi connectivity index (χ3n) is 3.40. The summed E-state index contributed by atoms with van der Waals surface area (Å²) in [6.07, 6.45) is 1.96. The van der Waals surface area contributed by atoms with Gasteiger partial charge >= 0.3 is 5.97 Å². The number of carbonyl (C=O) groups excluding carboxylic acids is 3. The molecule has 0 fully saturated rings. The van der Waals surface area contributed by atoms with Crippen LogP contribution in [0.15, 0.2) is 0 Å². The molecule has 0 spiro atoms. The fourth-order valence-electron chi connectivity index (χ4n) is 2.23. The summed E-state index contributed by atoms with van der Waals surface area (Å²) in [6, 6.07) is -1.75. The van der Waals surface area contributed by atoms with E-state index in [0.29, 0.717) is 25.8 Å².